The quantitative estimate of drug-likeness (QED) is 0.735. The SMILES string of the molecule is CCCCCNC(=O)c1ccc(NCc2cccnc2)nc1. The van der Waals surface area contributed by atoms with Crippen molar-refractivity contribution in [2.45, 2.75) is 32.7 Å². The van der Waals surface area contributed by atoms with Gasteiger partial charge in [0.25, 0.3) is 5.91 Å². The molecular formula is C17H22N4O. The van der Waals surface area contributed by atoms with Crippen molar-refractivity contribution in [1.29, 1.82) is 0 Å². The number of carbonyl (C=O) groups is 1. The van der Waals surface area contributed by atoms with Gasteiger partial charge in [-0.05, 0) is 30.2 Å². The van der Waals surface area contributed by atoms with Gasteiger partial charge in [0.1, 0.15) is 5.82 Å². The lowest BCUT2D eigenvalue weighted by Crippen LogP contribution is -2.24. The number of hydrogen-bond donors (Lipinski definition) is 2. The van der Waals surface area contributed by atoms with Crippen LogP contribution in [-0.4, -0.2) is 22.4 Å². The Balaban J connectivity index is 1.81. The number of hydrogen-bond acceptors (Lipinski definition) is 4. The van der Waals surface area contributed by atoms with Crippen molar-refractivity contribution in [3.05, 3.63) is 54.0 Å². The van der Waals surface area contributed by atoms with Gasteiger partial charge in [0.15, 0.2) is 0 Å². The van der Waals surface area contributed by atoms with Crippen molar-refractivity contribution >= 4 is 11.7 Å². The molecule has 5 nitrogen and oxygen atoms in total. The highest BCUT2D eigenvalue weighted by Crippen LogP contribution is 2.07. The molecule has 2 aromatic heterocycles. The van der Waals surface area contributed by atoms with Crippen molar-refractivity contribution in [3.8, 4) is 0 Å². The molecule has 5 heteroatoms. The molecule has 2 N–H and O–H groups in total. The smallest absolute Gasteiger partial charge is 0.252 e. The Kier molecular flexibility index (Phi) is 6.36. The van der Waals surface area contributed by atoms with E-state index >= 15 is 0 Å². The van der Waals surface area contributed by atoms with Gasteiger partial charge in [0.2, 0.25) is 0 Å². The van der Waals surface area contributed by atoms with E-state index in [0.717, 1.165) is 30.6 Å². The summed E-state index contributed by atoms with van der Waals surface area (Å²) in [6.45, 7) is 3.51. The first-order chi connectivity index (χ1) is 10.8. The summed E-state index contributed by atoms with van der Waals surface area (Å²) < 4.78 is 0. The number of amides is 1. The van der Waals surface area contributed by atoms with Crippen LogP contribution in [0.3, 0.4) is 0 Å². The van der Waals surface area contributed by atoms with E-state index in [2.05, 4.69) is 27.5 Å². The second-order valence-electron chi connectivity index (χ2n) is 5.11. The summed E-state index contributed by atoms with van der Waals surface area (Å²) in [5.74, 6) is 0.675. The van der Waals surface area contributed by atoms with Crippen molar-refractivity contribution in [2.24, 2.45) is 0 Å². The average Bonchev–Trinajstić information content (AvgIpc) is 2.58. The van der Waals surface area contributed by atoms with Gasteiger partial charge in [-0.1, -0.05) is 25.8 Å². The maximum atomic E-state index is 11.9. The van der Waals surface area contributed by atoms with Crippen LogP contribution in [0.25, 0.3) is 0 Å². The summed E-state index contributed by atoms with van der Waals surface area (Å²) in [5, 5.41) is 6.11. The Morgan fingerprint density at radius 1 is 1.18 bits per heavy atom. The summed E-state index contributed by atoms with van der Waals surface area (Å²) in [7, 11) is 0. The number of aromatic nitrogens is 2. The molecule has 0 aliphatic carbocycles. The lowest BCUT2D eigenvalue weighted by molar-refractivity contribution is 0.0952. The van der Waals surface area contributed by atoms with Crippen LogP contribution in [0.4, 0.5) is 5.82 Å². The molecular weight excluding hydrogens is 276 g/mol. The van der Waals surface area contributed by atoms with Gasteiger partial charge in [-0.3, -0.25) is 9.78 Å². The Hall–Kier alpha value is -2.43. The van der Waals surface area contributed by atoms with E-state index in [1.165, 1.54) is 0 Å². The normalized spacial score (nSPS) is 10.2. The molecule has 116 valence electrons. The number of carbonyl (C=O) groups excluding carboxylic acids is 1. The monoisotopic (exact) mass is 298 g/mol. The maximum Gasteiger partial charge on any atom is 0.252 e. The Bertz CT molecular complexity index is 569. The first-order valence-electron chi connectivity index (χ1n) is 7.66. The van der Waals surface area contributed by atoms with Gasteiger partial charge >= 0.3 is 0 Å². The summed E-state index contributed by atoms with van der Waals surface area (Å²) in [6.07, 6.45) is 8.45. The molecule has 0 spiro atoms. The van der Waals surface area contributed by atoms with Crippen LogP contribution in [0.15, 0.2) is 42.9 Å². The van der Waals surface area contributed by atoms with Crippen LogP contribution in [0, 0.1) is 0 Å². The molecule has 0 saturated carbocycles. The van der Waals surface area contributed by atoms with Gasteiger partial charge in [-0.2, -0.15) is 0 Å². The van der Waals surface area contributed by atoms with Crippen LogP contribution in [0.1, 0.15) is 42.1 Å². The van der Waals surface area contributed by atoms with E-state index in [1.54, 1.807) is 18.5 Å². The third-order valence-corrected chi connectivity index (χ3v) is 3.29. The minimum absolute atomic E-state index is 0.0672. The maximum absolute atomic E-state index is 11.9. The minimum Gasteiger partial charge on any atom is -0.366 e. The lowest BCUT2D eigenvalue weighted by atomic mass is 10.2. The molecule has 22 heavy (non-hydrogen) atoms. The molecule has 0 aliphatic rings. The van der Waals surface area contributed by atoms with Gasteiger partial charge in [-0.15, -0.1) is 0 Å². The molecule has 2 heterocycles. The number of anilines is 1. The predicted molar refractivity (Wildman–Crippen MR) is 87.7 cm³/mol. The van der Waals surface area contributed by atoms with Crippen molar-refractivity contribution < 1.29 is 4.79 Å². The third kappa shape index (κ3) is 5.16. The van der Waals surface area contributed by atoms with E-state index in [9.17, 15) is 4.79 Å². The molecule has 1 amide bonds. The number of nitrogens with one attached hydrogen (secondary N) is 2. The molecule has 2 aromatic rings. The zero-order valence-corrected chi connectivity index (χ0v) is 12.9. The first kappa shape index (κ1) is 15.9. The van der Waals surface area contributed by atoms with Crippen LogP contribution >= 0.6 is 0 Å². The second kappa shape index (κ2) is 8.77. The summed E-state index contributed by atoms with van der Waals surface area (Å²) in [4.78, 5) is 20.2. The second-order valence-corrected chi connectivity index (χ2v) is 5.11. The zero-order valence-electron chi connectivity index (χ0n) is 12.9. The van der Waals surface area contributed by atoms with Crippen LogP contribution in [0.2, 0.25) is 0 Å². The fourth-order valence-electron chi connectivity index (χ4n) is 2.01. The zero-order chi connectivity index (χ0) is 15.6. The van der Waals surface area contributed by atoms with E-state index in [1.807, 2.05) is 24.4 Å². The summed E-state index contributed by atoms with van der Waals surface area (Å²) in [5.41, 5.74) is 1.67. The van der Waals surface area contributed by atoms with Crippen LogP contribution < -0.4 is 10.6 Å². The fraction of sp³-hybridized carbons (Fsp3) is 0.353. The van der Waals surface area contributed by atoms with Crippen molar-refractivity contribution in [1.82, 2.24) is 15.3 Å². The summed E-state index contributed by atoms with van der Waals surface area (Å²) in [6, 6.07) is 7.50. The first-order valence-corrected chi connectivity index (χ1v) is 7.66. The predicted octanol–water partition coefficient (Wildman–Crippen LogP) is 3.01. The lowest BCUT2D eigenvalue weighted by Gasteiger charge is -2.07. The molecule has 0 saturated heterocycles. The Morgan fingerprint density at radius 2 is 2.09 bits per heavy atom. The van der Waals surface area contributed by atoms with Gasteiger partial charge in [-0.25, -0.2) is 4.98 Å². The highest BCUT2D eigenvalue weighted by atomic mass is 16.1. The van der Waals surface area contributed by atoms with Gasteiger partial charge in [0, 0.05) is 31.7 Å². The standard InChI is InChI=1S/C17H22N4O/c1-2-3-4-10-19-17(22)15-7-8-16(21-13-15)20-12-14-6-5-9-18-11-14/h5-9,11,13H,2-4,10,12H2,1H3,(H,19,22)(H,20,21). The molecule has 0 fully saturated rings. The van der Waals surface area contributed by atoms with E-state index in [0.29, 0.717) is 18.7 Å². The summed E-state index contributed by atoms with van der Waals surface area (Å²) >= 11 is 0. The molecule has 0 bridgehead atoms. The average molecular weight is 298 g/mol. The number of unbranched alkanes of at least 4 members (excludes halogenated alkanes) is 2. The molecule has 0 aliphatic heterocycles. The van der Waals surface area contributed by atoms with Gasteiger partial charge in [0.05, 0.1) is 5.56 Å². The Morgan fingerprint density at radius 3 is 2.77 bits per heavy atom. The van der Waals surface area contributed by atoms with E-state index in [-0.39, 0.29) is 5.91 Å². The van der Waals surface area contributed by atoms with Crippen LogP contribution in [0.5, 0.6) is 0 Å². The van der Waals surface area contributed by atoms with Crippen LogP contribution in [-0.2, 0) is 6.54 Å². The highest BCUT2D eigenvalue weighted by Gasteiger charge is 2.05. The fourth-order valence-corrected chi connectivity index (χ4v) is 2.01. The third-order valence-electron chi connectivity index (χ3n) is 3.29. The largest absolute Gasteiger partial charge is 0.366 e. The van der Waals surface area contributed by atoms with Crippen molar-refractivity contribution in [3.63, 3.8) is 0 Å². The van der Waals surface area contributed by atoms with Crippen molar-refractivity contribution in [2.75, 3.05) is 11.9 Å². The molecule has 0 atom stereocenters. The number of pyridine rings is 2. The topological polar surface area (TPSA) is 66.9 Å². The molecule has 2 rings (SSSR count). The van der Waals surface area contributed by atoms with Gasteiger partial charge < -0.3 is 10.6 Å². The molecule has 0 aromatic carbocycles. The Labute approximate surface area is 131 Å². The van der Waals surface area contributed by atoms with E-state index < -0.39 is 0 Å². The minimum atomic E-state index is -0.0672. The number of rotatable bonds is 8. The number of nitrogens with zero attached hydrogens (tertiary/aromatic N) is 2. The molecule has 0 radical (unpaired) electrons. The molecule has 0 unspecified atom stereocenters. The highest BCUT2D eigenvalue weighted by molar-refractivity contribution is 5.94. The van der Waals surface area contributed by atoms with E-state index in [4.69, 9.17) is 0 Å².